The van der Waals surface area contributed by atoms with Gasteiger partial charge in [0.25, 0.3) is 11.5 Å². The largest absolute Gasteiger partial charge is 0.341 e. The molecule has 2 aromatic heterocycles. The molecule has 2 N–H and O–H groups in total. The Morgan fingerprint density at radius 3 is 2.21 bits per heavy atom. The molecule has 0 aliphatic carbocycles. The zero-order chi connectivity index (χ0) is 23.1. The first-order valence-electron chi connectivity index (χ1n) is 10.8. The summed E-state index contributed by atoms with van der Waals surface area (Å²) < 4.78 is 0. The quantitative estimate of drug-likeness (QED) is 0.439. The minimum atomic E-state index is -0.414. The molecule has 0 saturated carbocycles. The summed E-state index contributed by atoms with van der Waals surface area (Å²) in [4.78, 5) is 35.6. The van der Waals surface area contributed by atoms with Crippen molar-refractivity contribution in [2.75, 3.05) is 0 Å². The molecule has 0 unspecified atom stereocenters. The van der Waals surface area contributed by atoms with Gasteiger partial charge in [-0.15, -0.1) is 0 Å². The molecule has 3 heterocycles. The lowest BCUT2D eigenvalue weighted by molar-refractivity contribution is 0.0940. The number of carbonyl (C=O) groups is 1. The molecule has 5 rings (SSSR count). The topological polar surface area (TPSA) is 74.8 Å². The average molecular weight is 454 g/mol. The third kappa shape index (κ3) is 3.98. The molecule has 0 radical (unpaired) electrons. The molecular weight excluding hydrogens is 430 g/mol. The number of rotatable bonds is 3. The number of amides is 1. The standard InChI is InChI=1S/C27H23N3O2S/c1-15-7-9-18-23(12-15)33-24-13-16(2)8-10-19(24)25(18)30-27(32)21-14-20(17(3)29-26(21)31)22-6-4-5-11-28-22/h4-14,25H,1-3H3,(H,29,31)(H,30,32). The van der Waals surface area contributed by atoms with E-state index in [0.29, 0.717) is 11.4 Å². The second-order valence-electron chi connectivity index (χ2n) is 8.36. The van der Waals surface area contributed by atoms with Crippen LogP contribution in [0.5, 0.6) is 0 Å². The Labute approximate surface area is 196 Å². The third-order valence-corrected chi connectivity index (χ3v) is 7.03. The number of H-pyrrole nitrogens is 1. The normalized spacial score (nSPS) is 12.7. The predicted molar refractivity (Wildman–Crippen MR) is 131 cm³/mol. The monoisotopic (exact) mass is 453 g/mol. The van der Waals surface area contributed by atoms with E-state index >= 15 is 0 Å². The Morgan fingerprint density at radius 1 is 0.939 bits per heavy atom. The third-order valence-electron chi connectivity index (χ3n) is 5.88. The molecule has 33 heavy (non-hydrogen) atoms. The van der Waals surface area contributed by atoms with Crippen LogP contribution in [0.4, 0.5) is 0 Å². The van der Waals surface area contributed by atoms with Crippen LogP contribution >= 0.6 is 11.8 Å². The zero-order valence-electron chi connectivity index (χ0n) is 18.6. The Morgan fingerprint density at radius 2 is 1.61 bits per heavy atom. The number of pyridine rings is 2. The summed E-state index contributed by atoms with van der Waals surface area (Å²) in [6.45, 7) is 5.93. The molecule has 5 nitrogen and oxygen atoms in total. The van der Waals surface area contributed by atoms with Crippen LogP contribution in [0.15, 0.2) is 81.4 Å². The number of hydrogen-bond acceptors (Lipinski definition) is 4. The summed E-state index contributed by atoms with van der Waals surface area (Å²) in [6.07, 6.45) is 1.69. The van der Waals surface area contributed by atoms with E-state index in [1.54, 1.807) is 24.0 Å². The second-order valence-corrected chi connectivity index (χ2v) is 9.44. The van der Waals surface area contributed by atoms with Crippen molar-refractivity contribution in [2.45, 2.75) is 36.6 Å². The molecule has 164 valence electrons. The first-order chi connectivity index (χ1) is 15.9. The van der Waals surface area contributed by atoms with Crippen molar-refractivity contribution in [3.63, 3.8) is 0 Å². The predicted octanol–water partition coefficient (Wildman–Crippen LogP) is 5.35. The van der Waals surface area contributed by atoms with Crippen LogP contribution in [-0.4, -0.2) is 15.9 Å². The summed E-state index contributed by atoms with van der Waals surface area (Å²) in [6, 6.07) is 19.4. The molecule has 0 fully saturated rings. The van der Waals surface area contributed by atoms with Crippen molar-refractivity contribution in [3.8, 4) is 11.3 Å². The fourth-order valence-electron chi connectivity index (χ4n) is 4.17. The molecule has 0 spiro atoms. The van der Waals surface area contributed by atoms with E-state index in [4.69, 9.17) is 0 Å². The Balaban J connectivity index is 1.57. The number of benzene rings is 2. The fourth-order valence-corrected chi connectivity index (χ4v) is 5.50. The molecule has 6 heteroatoms. The minimum absolute atomic E-state index is 0.0711. The van der Waals surface area contributed by atoms with E-state index in [1.807, 2.05) is 25.1 Å². The summed E-state index contributed by atoms with van der Waals surface area (Å²) in [5, 5.41) is 3.13. The van der Waals surface area contributed by atoms with E-state index in [-0.39, 0.29) is 11.6 Å². The van der Waals surface area contributed by atoms with Gasteiger partial charge < -0.3 is 10.3 Å². The van der Waals surface area contributed by atoms with Gasteiger partial charge in [0, 0.05) is 27.2 Å². The molecule has 1 amide bonds. The maximum atomic E-state index is 13.4. The van der Waals surface area contributed by atoms with Gasteiger partial charge >= 0.3 is 0 Å². The highest BCUT2D eigenvalue weighted by atomic mass is 32.2. The molecule has 0 atom stereocenters. The van der Waals surface area contributed by atoms with Crippen molar-refractivity contribution in [2.24, 2.45) is 0 Å². The number of fused-ring (bicyclic) bond motifs is 2. The van der Waals surface area contributed by atoms with Gasteiger partial charge in [-0.05, 0) is 73.4 Å². The Hall–Kier alpha value is -3.64. The molecule has 1 aliphatic rings. The molecule has 0 saturated heterocycles. The lowest BCUT2D eigenvalue weighted by atomic mass is 9.95. The summed E-state index contributed by atoms with van der Waals surface area (Å²) in [5.41, 5.74) is 6.15. The van der Waals surface area contributed by atoms with Crippen molar-refractivity contribution in [1.29, 1.82) is 0 Å². The highest BCUT2D eigenvalue weighted by molar-refractivity contribution is 7.99. The van der Waals surface area contributed by atoms with Crippen LogP contribution in [0, 0.1) is 20.8 Å². The minimum Gasteiger partial charge on any atom is -0.341 e. The molecule has 1 aliphatic heterocycles. The maximum absolute atomic E-state index is 13.4. The van der Waals surface area contributed by atoms with Crippen molar-refractivity contribution < 1.29 is 4.79 Å². The van der Waals surface area contributed by atoms with Crippen LogP contribution in [0.25, 0.3) is 11.3 Å². The molecule has 2 aromatic carbocycles. The van der Waals surface area contributed by atoms with Gasteiger partial charge in [0.2, 0.25) is 0 Å². The van der Waals surface area contributed by atoms with E-state index < -0.39 is 11.5 Å². The van der Waals surface area contributed by atoms with E-state index in [9.17, 15) is 9.59 Å². The number of nitrogens with one attached hydrogen (secondary N) is 2. The lowest BCUT2D eigenvalue weighted by Gasteiger charge is -2.29. The zero-order valence-corrected chi connectivity index (χ0v) is 19.4. The number of aromatic nitrogens is 2. The van der Waals surface area contributed by atoms with Gasteiger partial charge in [-0.3, -0.25) is 14.6 Å². The fraction of sp³-hybridized carbons (Fsp3) is 0.148. The Kier molecular flexibility index (Phi) is 5.38. The Bertz CT molecular complexity index is 1390. The van der Waals surface area contributed by atoms with Gasteiger partial charge in [-0.1, -0.05) is 42.1 Å². The highest BCUT2D eigenvalue weighted by Crippen LogP contribution is 2.45. The van der Waals surface area contributed by atoms with Crippen LogP contribution in [0.2, 0.25) is 0 Å². The summed E-state index contributed by atoms with van der Waals surface area (Å²) >= 11 is 1.71. The number of aromatic amines is 1. The average Bonchev–Trinajstić information content (AvgIpc) is 2.79. The van der Waals surface area contributed by atoms with Crippen molar-refractivity contribution in [1.82, 2.24) is 15.3 Å². The molecule has 0 bridgehead atoms. The van der Waals surface area contributed by atoms with Crippen LogP contribution in [0.3, 0.4) is 0 Å². The van der Waals surface area contributed by atoms with Gasteiger partial charge in [0.15, 0.2) is 0 Å². The van der Waals surface area contributed by atoms with Gasteiger partial charge in [0.05, 0.1) is 11.7 Å². The number of hydrogen-bond donors (Lipinski definition) is 2. The van der Waals surface area contributed by atoms with E-state index in [2.05, 4.69) is 65.5 Å². The van der Waals surface area contributed by atoms with Crippen LogP contribution in [0.1, 0.15) is 44.3 Å². The first kappa shape index (κ1) is 21.2. The van der Waals surface area contributed by atoms with Crippen molar-refractivity contribution >= 4 is 17.7 Å². The van der Waals surface area contributed by atoms with Gasteiger partial charge in [0.1, 0.15) is 5.56 Å². The van der Waals surface area contributed by atoms with E-state index in [0.717, 1.165) is 37.6 Å². The smallest absolute Gasteiger partial charge is 0.261 e. The second kappa shape index (κ2) is 8.37. The molecular formula is C27H23N3O2S. The van der Waals surface area contributed by atoms with Crippen LogP contribution < -0.4 is 10.9 Å². The number of carbonyl (C=O) groups excluding carboxylic acids is 1. The van der Waals surface area contributed by atoms with Gasteiger partial charge in [-0.2, -0.15) is 0 Å². The summed E-state index contributed by atoms with van der Waals surface area (Å²) in [7, 11) is 0. The first-order valence-corrected chi connectivity index (χ1v) is 11.6. The number of nitrogens with zero attached hydrogens (tertiary/aromatic N) is 1. The SMILES string of the molecule is Cc1ccc2c(c1)Sc1cc(C)ccc1C2NC(=O)c1cc(-c2ccccn2)c(C)[nH]c1=O. The van der Waals surface area contributed by atoms with Gasteiger partial charge in [-0.25, -0.2) is 0 Å². The highest BCUT2D eigenvalue weighted by Gasteiger charge is 2.29. The number of aryl methyl sites for hydroxylation is 3. The maximum Gasteiger partial charge on any atom is 0.261 e. The van der Waals surface area contributed by atoms with Crippen molar-refractivity contribution in [3.05, 3.63) is 111 Å². The molecule has 4 aromatic rings. The summed E-state index contributed by atoms with van der Waals surface area (Å²) in [5.74, 6) is -0.414. The lowest BCUT2D eigenvalue weighted by Crippen LogP contribution is -2.34. The van der Waals surface area contributed by atoms with E-state index in [1.165, 1.54) is 0 Å². The van der Waals surface area contributed by atoms with Crippen LogP contribution in [-0.2, 0) is 0 Å².